The number of hydrogen-bond donors (Lipinski definition) is 2. The minimum Gasteiger partial charge on any atom is -0.459 e. The summed E-state index contributed by atoms with van der Waals surface area (Å²) in [5.41, 5.74) is 0.473. The van der Waals surface area contributed by atoms with Gasteiger partial charge in [-0.3, -0.25) is 14.2 Å². The molecular weight excluding hydrogens is 272 g/mol. The van der Waals surface area contributed by atoms with Gasteiger partial charge in [0, 0.05) is 12.6 Å². The highest BCUT2D eigenvalue weighted by molar-refractivity contribution is 5.91. The Morgan fingerprint density at radius 1 is 1.52 bits per heavy atom. The minimum atomic E-state index is -0.324. The third-order valence-electron chi connectivity index (χ3n) is 3.33. The minimum absolute atomic E-state index is 0.0778. The van der Waals surface area contributed by atoms with Crippen molar-refractivity contribution in [3.8, 4) is 0 Å². The zero-order valence-electron chi connectivity index (χ0n) is 11.5. The summed E-state index contributed by atoms with van der Waals surface area (Å²) in [4.78, 5) is 28.3. The molecular formula is C14H16N4O3. The van der Waals surface area contributed by atoms with Gasteiger partial charge in [0.1, 0.15) is 5.82 Å². The third kappa shape index (κ3) is 3.03. The first-order valence-electron chi connectivity index (χ1n) is 6.86. The number of fused-ring (bicyclic) bond motifs is 1. The van der Waals surface area contributed by atoms with Gasteiger partial charge in [0.25, 0.3) is 11.5 Å². The second kappa shape index (κ2) is 5.92. The molecule has 0 radical (unpaired) electrons. The first-order chi connectivity index (χ1) is 10.2. The van der Waals surface area contributed by atoms with Crippen molar-refractivity contribution >= 4 is 5.91 Å². The molecule has 0 aliphatic carbocycles. The van der Waals surface area contributed by atoms with Crippen molar-refractivity contribution in [2.45, 2.75) is 26.1 Å². The maximum atomic E-state index is 12.1. The smallest absolute Gasteiger partial charge is 0.287 e. The monoisotopic (exact) mass is 288 g/mol. The summed E-state index contributed by atoms with van der Waals surface area (Å²) in [6.07, 6.45) is 2.34. The number of hydrogen-bond acceptors (Lipinski definition) is 5. The molecule has 0 unspecified atom stereocenters. The lowest BCUT2D eigenvalue weighted by atomic mass is 10.3. The highest BCUT2D eigenvalue weighted by Gasteiger charge is 2.13. The number of carbonyl (C=O) groups is 1. The van der Waals surface area contributed by atoms with E-state index in [4.69, 9.17) is 4.42 Å². The second-order valence-corrected chi connectivity index (χ2v) is 4.84. The van der Waals surface area contributed by atoms with Gasteiger partial charge in [-0.2, -0.15) is 0 Å². The van der Waals surface area contributed by atoms with E-state index in [0.717, 1.165) is 13.0 Å². The molecule has 0 atom stereocenters. The quantitative estimate of drug-likeness (QED) is 0.845. The summed E-state index contributed by atoms with van der Waals surface area (Å²) in [6.45, 7) is 2.30. The molecule has 3 rings (SSSR count). The Labute approximate surface area is 121 Å². The van der Waals surface area contributed by atoms with Gasteiger partial charge in [0.15, 0.2) is 5.76 Å². The van der Waals surface area contributed by atoms with Gasteiger partial charge in [-0.25, -0.2) is 4.98 Å². The molecule has 1 aliphatic heterocycles. The molecule has 110 valence electrons. The van der Waals surface area contributed by atoms with Gasteiger partial charge in [0.05, 0.1) is 25.0 Å². The van der Waals surface area contributed by atoms with Crippen LogP contribution in [-0.2, 0) is 19.6 Å². The van der Waals surface area contributed by atoms with Crippen molar-refractivity contribution in [2.24, 2.45) is 0 Å². The predicted octanol–water partition coefficient (Wildman–Crippen LogP) is 0.260. The van der Waals surface area contributed by atoms with Crippen LogP contribution in [0.1, 0.15) is 28.5 Å². The van der Waals surface area contributed by atoms with Crippen molar-refractivity contribution in [1.82, 2.24) is 20.2 Å². The Balaban J connectivity index is 1.74. The van der Waals surface area contributed by atoms with Crippen LogP contribution in [0.4, 0.5) is 0 Å². The van der Waals surface area contributed by atoms with E-state index in [1.165, 1.54) is 12.3 Å². The van der Waals surface area contributed by atoms with Crippen LogP contribution in [-0.4, -0.2) is 22.0 Å². The van der Waals surface area contributed by atoms with Gasteiger partial charge >= 0.3 is 0 Å². The zero-order valence-corrected chi connectivity index (χ0v) is 11.5. The van der Waals surface area contributed by atoms with E-state index in [1.807, 2.05) is 0 Å². The van der Waals surface area contributed by atoms with Gasteiger partial charge in [0.2, 0.25) is 0 Å². The molecule has 2 aromatic heterocycles. The van der Waals surface area contributed by atoms with E-state index in [-0.39, 0.29) is 23.8 Å². The highest BCUT2D eigenvalue weighted by Crippen LogP contribution is 2.03. The topological polar surface area (TPSA) is 89.2 Å². The first kappa shape index (κ1) is 13.6. The molecule has 0 spiro atoms. The van der Waals surface area contributed by atoms with Crippen molar-refractivity contribution in [3.63, 3.8) is 0 Å². The predicted molar refractivity (Wildman–Crippen MR) is 74.7 cm³/mol. The van der Waals surface area contributed by atoms with Crippen LogP contribution in [0.3, 0.4) is 0 Å². The number of nitrogens with zero attached hydrogens (tertiary/aromatic N) is 2. The van der Waals surface area contributed by atoms with Crippen LogP contribution >= 0.6 is 0 Å². The fraction of sp³-hybridized carbons (Fsp3) is 0.357. The normalized spacial score (nSPS) is 14.3. The number of carbonyl (C=O) groups excluding carboxylic acids is 1. The van der Waals surface area contributed by atoms with Crippen molar-refractivity contribution < 1.29 is 9.21 Å². The van der Waals surface area contributed by atoms with Crippen LogP contribution < -0.4 is 16.2 Å². The molecule has 7 heteroatoms. The average Bonchev–Trinajstić information content (AvgIpc) is 2.91. The van der Waals surface area contributed by atoms with Gasteiger partial charge in [-0.1, -0.05) is 0 Å². The number of rotatable bonds is 3. The highest BCUT2D eigenvalue weighted by atomic mass is 16.3. The van der Waals surface area contributed by atoms with E-state index in [1.54, 1.807) is 16.7 Å². The van der Waals surface area contributed by atoms with Crippen LogP contribution in [0.25, 0.3) is 0 Å². The van der Waals surface area contributed by atoms with Gasteiger partial charge < -0.3 is 15.1 Å². The van der Waals surface area contributed by atoms with Crippen LogP contribution in [0.2, 0.25) is 0 Å². The summed E-state index contributed by atoms with van der Waals surface area (Å²) >= 11 is 0. The summed E-state index contributed by atoms with van der Waals surface area (Å²) in [5, 5.41) is 5.91. The molecule has 2 N–H and O–H groups in total. The lowest BCUT2D eigenvalue weighted by Gasteiger charge is -2.10. The molecule has 3 heterocycles. The Morgan fingerprint density at radius 2 is 2.43 bits per heavy atom. The number of aromatic nitrogens is 2. The average molecular weight is 288 g/mol. The van der Waals surface area contributed by atoms with Crippen molar-refractivity contribution in [1.29, 1.82) is 0 Å². The van der Waals surface area contributed by atoms with Crippen LogP contribution in [0.15, 0.2) is 33.7 Å². The number of furan rings is 1. The van der Waals surface area contributed by atoms with Gasteiger partial charge in [-0.15, -0.1) is 0 Å². The third-order valence-corrected chi connectivity index (χ3v) is 3.33. The SMILES string of the molecule is O=C(NCc1cc(=O)n2c(n1)CNCCC2)c1ccco1. The lowest BCUT2D eigenvalue weighted by molar-refractivity contribution is 0.0922. The Bertz CT molecular complexity index is 691. The van der Waals surface area contributed by atoms with Crippen LogP contribution in [0.5, 0.6) is 0 Å². The maximum Gasteiger partial charge on any atom is 0.287 e. The molecule has 0 fully saturated rings. The summed E-state index contributed by atoms with van der Waals surface area (Å²) in [7, 11) is 0. The van der Waals surface area contributed by atoms with E-state index in [2.05, 4.69) is 15.6 Å². The molecule has 0 aromatic carbocycles. The lowest BCUT2D eigenvalue weighted by Crippen LogP contribution is -2.29. The maximum absolute atomic E-state index is 12.1. The molecule has 1 amide bonds. The summed E-state index contributed by atoms with van der Waals surface area (Å²) in [5.74, 6) is 0.625. The standard InChI is InChI=1S/C14H16N4O3/c19-13-7-10(8-16-14(20)11-3-1-6-21-11)17-12-9-15-4-2-5-18(12)13/h1,3,6-7,15H,2,4-5,8-9H2,(H,16,20). The Kier molecular flexibility index (Phi) is 3.83. The fourth-order valence-electron chi connectivity index (χ4n) is 2.30. The van der Waals surface area contributed by atoms with Gasteiger partial charge in [-0.05, 0) is 25.1 Å². The Morgan fingerprint density at radius 3 is 3.24 bits per heavy atom. The van der Waals surface area contributed by atoms with Crippen molar-refractivity contribution in [2.75, 3.05) is 6.54 Å². The molecule has 2 aromatic rings. The first-order valence-corrected chi connectivity index (χ1v) is 6.86. The van der Waals surface area contributed by atoms with Crippen molar-refractivity contribution in [3.05, 3.63) is 52.1 Å². The molecule has 0 saturated heterocycles. The molecule has 21 heavy (non-hydrogen) atoms. The second-order valence-electron chi connectivity index (χ2n) is 4.84. The largest absolute Gasteiger partial charge is 0.459 e. The van der Waals surface area contributed by atoms with E-state index < -0.39 is 0 Å². The van der Waals surface area contributed by atoms with E-state index in [0.29, 0.717) is 24.6 Å². The molecule has 0 bridgehead atoms. The fourth-order valence-corrected chi connectivity index (χ4v) is 2.30. The number of amides is 1. The summed E-state index contributed by atoms with van der Waals surface area (Å²) < 4.78 is 6.68. The molecule has 7 nitrogen and oxygen atoms in total. The zero-order chi connectivity index (χ0) is 14.7. The van der Waals surface area contributed by atoms with E-state index >= 15 is 0 Å². The Hall–Kier alpha value is -2.41. The van der Waals surface area contributed by atoms with Crippen LogP contribution in [0, 0.1) is 0 Å². The molecule has 1 aliphatic rings. The summed E-state index contributed by atoms with van der Waals surface area (Å²) in [6, 6.07) is 4.70. The number of nitrogens with one attached hydrogen (secondary N) is 2. The molecule has 0 saturated carbocycles. The van der Waals surface area contributed by atoms with E-state index in [9.17, 15) is 9.59 Å².